The SMILES string of the molecule is NC(=O)c1csc(CNc2cccc3ncccc23)c1. The van der Waals surface area contributed by atoms with Gasteiger partial charge in [-0.1, -0.05) is 6.07 Å². The summed E-state index contributed by atoms with van der Waals surface area (Å²) >= 11 is 1.52. The highest BCUT2D eigenvalue weighted by Crippen LogP contribution is 2.23. The Morgan fingerprint density at radius 2 is 2.20 bits per heavy atom. The van der Waals surface area contributed by atoms with Crippen LogP contribution >= 0.6 is 11.3 Å². The molecular formula is C15H13N3OS. The molecule has 4 nitrogen and oxygen atoms in total. The minimum atomic E-state index is -0.387. The molecule has 100 valence electrons. The van der Waals surface area contributed by atoms with Crippen LogP contribution in [0.5, 0.6) is 0 Å². The van der Waals surface area contributed by atoms with Crippen molar-refractivity contribution in [3.05, 3.63) is 58.4 Å². The molecule has 0 atom stereocenters. The summed E-state index contributed by atoms with van der Waals surface area (Å²) in [5.74, 6) is -0.387. The van der Waals surface area contributed by atoms with Gasteiger partial charge < -0.3 is 11.1 Å². The molecule has 0 spiro atoms. The number of hydrogen-bond donors (Lipinski definition) is 2. The number of carbonyl (C=O) groups is 1. The molecule has 0 bridgehead atoms. The van der Waals surface area contributed by atoms with Gasteiger partial charge in [-0.25, -0.2) is 0 Å². The third-order valence-electron chi connectivity index (χ3n) is 3.04. The van der Waals surface area contributed by atoms with Crippen molar-refractivity contribution in [1.82, 2.24) is 4.98 Å². The number of thiophene rings is 1. The summed E-state index contributed by atoms with van der Waals surface area (Å²) in [4.78, 5) is 16.5. The van der Waals surface area contributed by atoms with Crippen LogP contribution in [0.1, 0.15) is 15.2 Å². The zero-order valence-electron chi connectivity index (χ0n) is 10.7. The molecule has 0 aliphatic carbocycles. The molecule has 3 N–H and O–H groups in total. The molecule has 1 amide bonds. The summed E-state index contributed by atoms with van der Waals surface area (Å²) in [6.45, 7) is 0.659. The monoisotopic (exact) mass is 283 g/mol. The minimum absolute atomic E-state index is 0.387. The number of benzene rings is 1. The third-order valence-corrected chi connectivity index (χ3v) is 3.97. The van der Waals surface area contributed by atoms with Crippen molar-refractivity contribution in [3.8, 4) is 0 Å². The number of amides is 1. The van der Waals surface area contributed by atoms with Gasteiger partial charge >= 0.3 is 0 Å². The molecule has 0 saturated carbocycles. The van der Waals surface area contributed by atoms with E-state index in [0.717, 1.165) is 21.5 Å². The van der Waals surface area contributed by atoms with Crippen molar-refractivity contribution in [2.75, 3.05) is 5.32 Å². The molecule has 3 rings (SSSR count). The van der Waals surface area contributed by atoms with Gasteiger partial charge in [0.25, 0.3) is 0 Å². The number of nitrogens with two attached hydrogens (primary N) is 1. The van der Waals surface area contributed by atoms with Crippen LogP contribution in [-0.2, 0) is 6.54 Å². The summed E-state index contributed by atoms with van der Waals surface area (Å²) in [7, 11) is 0. The van der Waals surface area contributed by atoms with E-state index in [9.17, 15) is 4.79 Å². The molecule has 0 aliphatic heterocycles. The highest BCUT2D eigenvalue weighted by molar-refractivity contribution is 7.10. The summed E-state index contributed by atoms with van der Waals surface area (Å²) in [5.41, 5.74) is 7.80. The number of hydrogen-bond acceptors (Lipinski definition) is 4. The fraction of sp³-hybridized carbons (Fsp3) is 0.0667. The lowest BCUT2D eigenvalue weighted by Crippen LogP contribution is -2.09. The van der Waals surface area contributed by atoms with Crippen molar-refractivity contribution in [2.45, 2.75) is 6.54 Å². The zero-order valence-corrected chi connectivity index (χ0v) is 11.5. The van der Waals surface area contributed by atoms with Gasteiger partial charge in [0.2, 0.25) is 5.91 Å². The van der Waals surface area contributed by atoms with Crippen molar-refractivity contribution in [2.24, 2.45) is 5.73 Å². The second-order valence-electron chi connectivity index (χ2n) is 4.40. The van der Waals surface area contributed by atoms with E-state index >= 15 is 0 Å². The van der Waals surface area contributed by atoms with Crippen LogP contribution in [0.4, 0.5) is 5.69 Å². The molecule has 3 aromatic rings. The topological polar surface area (TPSA) is 68.0 Å². The highest BCUT2D eigenvalue weighted by atomic mass is 32.1. The van der Waals surface area contributed by atoms with Crippen LogP contribution in [0.3, 0.4) is 0 Å². The molecule has 0 saturated heterocycles. The van der Waals surface area contributed by atoms with Crippen LogP contribution in [0, 0.1) is 0 Å². The first kappa shape index (κ1) is 12.6. The molecule has 0 unspecified atom stereocenters. The van der Waals surface area contributed by atoms with Gasteiger partial charge in [-0.2, -0.15) is 0 Å². The van der Waals surface area contributed by atoms with Crippen LogP contribution in [-0.4, -0.2) is 10.9 Å². The van der Waals surface area contributed by atoms with E-state index in [2.05, 4.69) is 10.3 Å². The molecular weight excluding hydrogens is 270 g/mol. The van der Waals surface area contributed by atoms with E-state index in [1.54, 1.807) is 11.6 Å². The number of fused-ring (bicyclic) bond motifs is 1. The van der Waals surface area contributed by atoms with Crippen LogP contribution in [0.15, 0.2) is 48.0 Å². The molecule has 2 aromatic heterocycles. The second-order valence-corrected chi connectivity index (χ2v) is 5.39. The number of aromatic nitrogens is 1. The largest absolute Gasteiger partial charge is 0.380 e. The van der Waals surface area contributed by atoms with E-state index in [1.807, 2.05) is 36.4 Å². The van der Waals surface area contributed by atoms with Crippen molar-refractivity contribution >= 4 is 33.8 Å². The van der Waals surface area contributed by atoms with Crippen LogP contribution in [0.25, 0.3) is 10.9 Å². The standard InChI is InChI=1S/C15H13N3OS/c16-15(19)10-7-11(20-9-10)8-18-14-5-1-4-13-12(14)3-2-6-17-13/h1-7,9,18H,8H2,(H2,16,19). The van der Waals surface area contributed by atoms with Gasteiger partial charge in [0.1, 0.15) is 0 Å². The molecule has 0 aliphatic rings. The first-order chi connectivity index (χ1) is 9.74. The maximum atomic E-state index is 11.1. The Kier molecular flexibility index (Phi) is 3.35. The number of rotatable bonds is 4. The van der Waals surface area contributed by atoms with Crippen molar-refractivity contribution in [1.29, 1.82) is 0 Å². The quantitative estimate of drug-likeness (QED) is 0.773. The Bertz CT molecular complexity index is 761. The normalized spacial score (nSPS) is 10.6. The molecule has 5 heteroatoms. The predicted molar refractivity (Wildman–Crippen MR) is 81.9 cm³/mol. The number of carbonyl (C=O) groups excluding carboxylic acids is 1. The molecule has 2 heterocycles. The Morgan fingerprint density at radius 1 is 1.30 bits per heavy atom. The average Bonchev–Trinajstić information content (AvgIpc) is 2.94. The van der Waals surface area contributed by atoms with E-state index in [4.69, 9.17) is 5.73 Å². The Balaban J connectivity index is 1.81. The van der Waals surface area contributed by atoms with E-state index in [-0.39, 0.29) is 5.91 Å². The van der Waals surface area contributed by atoms with Gasteiger partial charge in [0.05, 0.1) is 11.1 Å². The number of nitrogens with zero attached hydrogens (tertiary/aromatic N) is 1. The first-order valence-electron chi connectivity index (χ1n) is 6.19. The fourth-order valence-corrected chi connectivity index (χ4v) is 2.86. The molecule has 20 heavy (non-hydrogen) atoms. The Labute approximate surface area is 120 Å². The summed E-state index contributed by atoms with van der Waals surface area (Å²) < 4.78 is 0. The minimum Gasteiger partial charge on any atom is -0.380 e. The van der Waals surface area contributed by atoms with Gasteiger partial charge in [-0.15, -0.1) is 11.3 Å². The fourth-order valence-electron chi connectivity index (χ4n) is 2.04. The number of anilines is 1. The average molecular weight is 283 g/mol. The van der Waals surface area contributed by atoms with Gasteiger partial charge in [0, 0.05) is 34.1 Å². The van der Waals surface area contributed by atoms with E-state index in [0.29, 0.717) is 12.1 Å². The Hall–Kier alpha value is -2.40. The van der Waals surface area contributed by atoms with Gasteiger partial charge in [-0.3, -0.25) is 9.78 Å². The number of primary amides is 1. The maximum absolute atomic E-state index is 11.1. The lowest BCUT2D eigenvalue weighted by molar-refractivity contribution is 0.100. The Morgan fingerprint density at radius 3 is 3.00 bits per heavy atom. The third kappa shape index (κ3) is 2.48. The van der Waals surface area contributed by atoms with E-state index < -0.39 is 0 Å². The van der Waals surface area contributed by atoms with Crippen LogP contribution < -0.4 is 11.1 Å². The molecule has 1 aromatic carbocycles. The van der Waals surface area contributed by atoms with Crippen molar-refractivity contribution in [3.63, 3.8) is 0 Å². The highest BCUT2D eigenvalue weighted by Gasteiger charge is 2.05. The van der Waals surface area contributed by atoms with E-state index in [1.165, 1.54) is 11.3 Å². The lowest BCUT2D eigenvalue weighted by atomic mass is 10.2. The lowest BCUT2D eigenvalue weighted by Gasteiger charge is -2.08. The van der Waals surface area contributed by atoms with Crippen LogP contribution in [0.2, 0.25) is 0 Å². The number of nitrogens with one attached hydrogen (secondary N) is 1. The smallest absolute Gasteiger partial charge is 0.249 e. The predicted octanol–water partition coefficient (Wildman–Crippen LogP) is 3.01. The second kappa shape index (κ2) is 5.30. The molecule has 0 radical (unpaired) electrons. The first-order valence-corrected chi connectivity index (χ1v) is 7.07. The zero-order chi connectivity index (χ0) is 13.9. The number of pyridine rings is 1. The summed E-state index contributed by atoms with van der Waals surface area (Å²) in [6, 6.07) is 11.8. The maximum Gasteiger partial charge on any atom is 0.249 e. The van der Waals surface area contributed by atoms with Crippen molar-refractivity contribution < 1.29 is 4.79 Å². The van der Waals surface area contributed by atoms with Gasteiger partial charge in [0.15, 0.2) is 0 Å². The van der Waals surface area contributed by atoms with Gasteiger partial charge in [-0.05, 0) is 30.3 Å². The summed E-state index contributed by atoms with van der Waals surface area (Å²) in [5, 5.41) is 6.24. The molecule has 0 fully saturated rings. The summed E-state index contributed by atoms with van der Waals surface area (Å²) in [6.07, 6.45) is 1.78.